The molecular weight excluding hydrogens is 276 g/mol. The number of carbonyl (C=O) groups is 1. The summed E-state index contributed by atoms with van der Waals surface area (Å²) < 4.78 is 5.79. The molecule has 2 aliphatic carbocycles. The van der Waals surface area contributed by atoms with E-state index in [1.807, 2.05) is 6.92 Å². The third kappa shape index (κ3) is 3.24. The van der Waals surface area contributed by atoms with E-state index < -0.39 is 6.10 Å². The second-order valence-electron chi connectivity index (χ2n) is 6.31. The van der Waals surface area contributed by atoms with Crippen molar-refractivity contribution in [3.63, 3.8) is 0 Å². The van der Waals surface area contributed by atoms with Crippen molar-refractivity contribution >= 4 is 5.91 Å². The quantitative estimate of drug-likeness (QED) is 0.838. The Morgan fingerprint density at radius 1 is 1.18 bits per heavy atom. The van der Waals surface area contributed by atoms with Crippen LogP contribution < -0.4 is 4.74 Å². The van der Waals surface area contributed by atoms with Crippen LogP contribution in [0.15, 0.2) is 24.3 Å². The van der Waals surface area contributed by atoms with Crippen LogP contribution in [0.25, 0.3) is 0 Å². The van der Waals surface area contributed by atoms with Crippen molar-refractivity contribution in [2.75, 3.05) is 0 Å². The molecule has 0 saturated heterocycles. The maximum absolute atomic E-state index is 12.8. The minimum Gasteiger partial charge on any atom is -0.481 e. The zero-order valence-corrected chi connectivity index (χ0v) is 13.0. The third-order valence-corrected chi connectivity index (χ3v) is 4.56. The molecule has 0 N–H and O–H groups in total. The lowest BCUT2D eigenvalue weighted by Crippen LogP contribution is -2.46. The summed E-state index contributed by atoms with van der Waals surface area (Å²) in [6.45, 7) is 1.82. The molecule has 0 aromatic heterocycles. The Balaban J connectivity index is 1.65. The largest absolute Gasteiger partial charge is 0.481 e. The van der Waals surface area contributed by atoms with Gasteiger partial charge in [0.15, 0.2) is 6.10 Å². The second kappa shape index (κ2) is 6.39. The summed E-state index contributed by atoms with van der Waals surface area (Å²) in [6.07, 6.45) is 6.50. The number of benzene rings is 1. The van der Waals surface area contributed by atoms with Crippen molar-refractivity contribution in [1.29, 1.82) is 5.26 Å². The van der Waals surface area contributed by atoms with Crippen LogP contribution in [0.5, 0.6) is 5.75 Å². The van der Waals surface area contributed by atoms with Crippen molar-refractivity contribution in [3.8, 4) is 11.8 Å². The molecule has 1 atom stereocenters. The first-order chi connectivity index (χ1) is 10.7. The summed E-state index contributed by atoms with van der Waals surface area (Å²) in [5, 5.41) is 8.81. The molecule has 2 fully saturated rings. The summed E-state index contributed by atoms with van der Waals surface area (Å²) in [7, 11) is 0. The number of rotatable bonds is 5. The fourth-order valence-electron chi connectivity index (χ4n) is 3.27. The van der Waals surface area contributed by atoms with Gasteiger partial charge in [-0.1, -0.05) is 12.8 Å². The van der Waals surface area contributed by atoms with Gasteiger partial charge in [-0.25, -0.2) is 0 Å². The highest BCUT2D eigenvalue weighted by Crippen LogP contribution is 2.35. The van der Waals surface area contributed by atoms with Crippen LogP contribution in [-0.4, -0.2) is 29.0 Å². The van der Waals surface area contributed by atoms with Gasteiger partial charge in [0.2, 0.25) is 0 Å². The van der Waals surface area contributed by atoms with Crippen LogP contribution in [0.2, 0.25) is 0 Å². The Morgan fingerprint density at radius 3 is 2.32 bits per heavy atom. The van der Waals surface area contributed by atoms with Crippen LogP contribution in [-0.2, 0) is 4.79 Å². The Labute approximate surface area is 131 Å². The van der Waals surface area contributed by atoms with E-state index in [4.69, 9.17) is 10.00 Å². The number of nitriles is 1. The standard InChI is InChI=1S/C18H22N2O2/c1-13(22-17-10-6-14(12-19)7-11-17)18(21)20(16-8-9-16)15-4-2-3-5-15/h6-7,10-11,13,15-16H,2-5,8-9H2,1H3. The normalized spacial score (nSPS) is 19.5. The monoisotopic (exact) mass is 298 g/mol. The first-order valence-corrected chi connectivity index (χ1v) is 8.18. The maximum Gasteiger partial charge on any atom is 0.263 e. The molecule has 22 heavy (non-hydrogen) atoms. The van der Waals surface area contributed by atoms with Crippen molar-refractivity contribution in [1.82, 2.24) is 4.90 Å². The number of carbonyl (C=O) groups excluding carboxylic acids is 1. The van der Waals surface area contributed by atoms with Crippen molar-refractivity contribution < 1.29 is 9.53 Å². The van der Waals surface area contributed by atoms with E-state index >= 15 is 0 Å². The Kier molecular flexibility index (Phi) is 4.33. The number of ether oxygens (including phenoxy) is 1. The average molecular weight is 298 g/mol. The minimum atomic E-state index is -0.478. The lowest BCUT2D eigenvalue weighted by atomic mass is 10.1. The van der Waals surface area contributed by atoms with Crippen LogP contribution in [0.1, 0.15) is 51.0 Å². The molecule has 1 unspecified atom stereocenters. The number of nitrogens with zero attached hydrogens (tertiary/aromatic N) is 2. The summed E-state index contributed by atoms with van der Waals surface area (Å²) in [5.41, 5.74) is 0.594. The van der Waals surface area contributed by atoms with Gasteiger partial charge in [0.05, 0.1) is 11.6 Å². The molecule has 4 nitrogen and oxygen atoms in total. The average Bonchev–Trinajstić information content (AvgIpc) is 3.22. The molecule has 0 bridgehead atoms. The zero-order chi connectivity index (χ0) is 15.5. The predicted molar refractivity (Wildman–Crippen MR) is 83.4 cm³/mol. The fourth-order valence-corrected chi connectivity index (χ4v) is 3.27. The number of hydrogen-bond donors (Lipinski definition) is 0. The van der Waals surface area contributed by atoms with E-state index in [0.29, 0.717) is 23.4 Å². The molecule has 2 saturated carbocycles. The third-order valence-electron chi connectivity index (χ3n) is 4.56. The molecule has 1 amide bonds. The van der Waals surface area contributed by atoms with Crippen LogP contribution >= 0.6 is 0 Å². The fraction of sp³-hybridized carbons (Fsp3) is 0.556. The van der Waals surface area contributed by atoms with Crippen LogP contribution in [0.3, 0.4) is 0 Å². The minimum absolute atomic E-state index is 0.110. The van der Waals surface area contributed by atoms with E-state index in [1.165, 1.54) is 12.8 Å². The Morgan fingerprint density at radius 2 is 1.77 bits per heavy atom. The predicted octanol–water partition coefficient (Wildman–Crippen LogP) is 3.26. The Hall–Kier alpha value is -2.02. The smallest absolute Gasteiger partial charge is 0.263 e. The highest BCUT2D eigenvalue weighted by atomic mass is 16.5. The Bertz CT molecular complexity index is 566. The van der Waals surface area contributed by atoms with Crippen molar-refractivity contribution in [2.24, 2.45) is 0 Å². The number of amides is 1. The molecule has 0 spiro atoms. The first kappa shape index (κ1) is 14.9. The molecule has 0 radical (unpaired) electrons. The van der Waals surface area contributed by atoms with Gasteiger partial charge < -0.3 is 9.64 Å². The molecule has 0 aliphatic heterocycles. The molecule has 116 valence electrons. The van der Waals surface area contributed by atoms with E-state index in [9.17, 15) is 4.79 Å². The maximum atomic E-state index is 12.8. The topological polar surface area (TPSA) is 53.3 Å². The van der Waals surface area contributed by atoms with E-state index in [0.717, 1.165) is 25.7 Å². The second-order valence-corrected chi connectivity index (χ2v) is 6.31. The number of hydrogen-bond acceptors (Lipinski definition) is 3. The van der Waals surface area contributed by atoms with Gasteiger partial charge >= 0.3 is 0 Å². The van der Waals surface area contributed by atoms with E-state index in [2.05, 4.69) is 11.0 Å². The van der Waals surface area contributed by atoms with Gasteiger partial charge in [-0.3, -0.25) is 4.79 Å². The molecule has 3 rings (SSSR count). The molecule has 0 heterocycles. The molecule has 1 aromatic rings. The zero-order valence-electron chi connectivity index (χ0n) is 13.0. The van der Waals surface area contributed by atoms with Gasteiger partial charge in [-0.2, -0.15) is 5.26 Å². The van der Waals surface area contributed by atoms with Gasteiger partial charge in [-0.15, -0.1) is 0 Å². The lowest BCUT2D eigenvalue weighted by Gasteiger charge is -2.31. The van der Waals surface area contributed by atoms with E-state index in [1.54, 1.807) is 24.3 Å². The summed E-state index contributed by atoms with van der Waals surface area (Å²) >= 11 is 0. The lowest BCUT2D eigenvalue weighted by molar-refractivity contribution is -0.141. The van der Waals surface area contributed by atoms with E-state index in [-0.39, 0.29) is 5.91 Å². The molecule has 1 aromatic carbocycles. The van der Waals surface area contributed by atoms with Crippen molar-refractivity contribution in [2.45, 2.75) is 63.6 Å². The summed E-state index contributed by atoms with van der Waals surface area (Å²) in [5.74, 6) is 0.751. The highest BCUT2D eigenvalue weighted by molar-refractivity contribution is 5.82. The SMILES string of the molecule is CC(Oc1ccc(C#N)cc1)C(=O)N(C1CCCC1)C1CC1. The first-order valence-electron chi connectivity index (χ1n) is 8.18. The highest BCUT2D eigenvalue weighted by Gasteiger charge is 2.40. The molecule has 2 aliphatic rings. The molecule has 4 heteroatoms. The van der Waals surface area contributed by atoms with Crippen molar-refractivity contribution in [3.05, 3.63) is 29.8 Å². The van der Waals surface area contributed by atoms with Crippen LogP contribution in [0, 0.1) is 11.3 Å². The molecular formula is C18H22N2O2. The summed E-state index contributed by atoms with van der Waals surface area (Å²) in [4.78, 5) is 14.9. The summed E-state index contributed by atoms with van der Waals surface area (Å²) in [6, 6.07) is 9.84. The van der Waals surface area contributed by atoms with Crippen LogP contribution in [0.4, 0.5) is 0 Å². The van der Waals surface area contributed by atoms with Gasteiger partial charge in [0.1, 0.15) is 5.75 Å². The van der Waals surface area contributed by atoms with Gasteiger partial charge in [-0.05, 0) is 56.9 Å². The van der Waals surface area contributed by atoms with Gasteiger partial charge in [0.25, 0.3) is 5.91 Å². The van der Waals surface area contributed by atoms with Gasteiger partial charge in [0, 0.05) is 12.1 Å².